The summed E-state index contributed by atoms with van der Waals surface area (Å²) >= 11 is -2.17. The Kier molecular flexibility index (Phi) is 6.30. The molecule has 0 aliphatic carbocycles. The lowest BCUT2D eigenvalue weighted by Crippen LogP contribution is -2.24. The lowest BCUT2D eigenvalue weighted by Gasteiger charge is -2.18. The number of nitrogens with zero attached hydrogens (tertiary/aromatic N) is 3. The highest BCUT2D eigenvalue weighted by Crippen LogP contribution is 2.30. The molecule has 0 aliphatic rings. The van der Waals surface area contributed by atoms with Crippen molar-refractivity contribution in [3.8, 4) is 0 Å². The van der Waals surface area contributed by atoms with Crippen molar-refractivity contribution in [2.75, 3.05) is 19.8 Å². The van der Waals surface area contributed by atoms with Crippen LogP contribution in [0.25, 0.3) is 0 Å². The number of hydrogen-bond acceptors (Lipinski definition) is 3. The van der Waals surface area contributed by atoms with E-state index in [1.807, 2.05) is 27.1 Å². The standard InChI is InChI=1S/C18H20F3N3OS/c1-12-8-13(2)16(26(25)11-18(19,20)21)9-15(12)23-17(24(3)4)14-6-5-7-22-10-14/h5-10H,11H2,1-4H3/b23-17-. The molecule has 26 heavy (non-hydrogen) atoms. The molecule has 1 unspecified atom stereocenters. The summed E-state index contributed by atoms with van der Waals surface area (Å²) in [5, 5.41) is 0. The smallest absolute Gasteiger partial charge is 0.433 e. The Labute approximate surface area is 154 Å². The Morgan fingerprint density at radius 3 is 2.46 bits per heavy atom. The third-order valence-electron chi connectivity index (χ3n) is 3.60. The van der Waals surface area contributed by atoms with Gasteiger partial charge in [0.1, 0.15) is 5.84 Å². The van der Waals surface area contributed by atoms with Gasteiger partial charge in [0.05, 0.1) is 5.69 Å². The SMILES string of the molecule is Cc1cc(C)c([S+]([O-])CC(F)(F)F)cc1/N=C(/c1cccnc1)N(C)C. The summed E-state index contributed by atoms with van der Waals surface area (Å²) in [4.78, 5) is 10.6. The van der Waals surface area contributed by atoms with Gasteiger partial charge in [-0.3, -0.25) is 4.98 Å². The van der Waals surface area contributed by atoms with Crippen LogP contribution >= 0.6 is 0 Å². The maximum absolute atomic E-state index is 12.6. The first kappa shape index (κ1) is 20.3. The Morgan fingerprint density at radius 2 is 1.92 bits per heavy atom. The number of amidine groups is 1. The summed E-state index contributed by atoms with van der Waals surface area (Å²) in [6.07, 6.45) is -1.19. The van der Waals surface area contributed by atoms with Crippen LogP contribution in [0.5, 0.6) is 0 Å². The van der Waals surface area contributed by atoms with E-state index in [1.165, 1.54) is 6.07 Å². The minimum Gasteiger partial charge on any atom is -0.611 e. The molecule has 0 N–H and O–H groups in total. The molecule has 0 radical (unpaired) electrons. The van der Waals surface area contributed by atoms with E-state index in [0.717, 1.165) is 11.1 Å². The number of pyridine rings is 1. The van der Waals surface area contributed by atoms with E-state index >= 15 is 0 Å². The molecule has 0 bridgehead atoms. The first-order valence-corrected chi connectivity index (χ1v) is 9.13. The molecule has 4 nitrogen and oxygen atoms in total. The normalized spacial score (nSPS) is 13.6. The maximum Gasteiger partial charge on any atom is 0.433 e. The van der Waals surface area contributed by atoms with E-state index in [1.54, 1.807) is 36.4 Å². The van der Waals surface area contributed by atoms with Crippen molar-refractivity contribution in [1.29, 1.82) is 0 Å². The number of alkyl halides is 3. The number of halogens is 3. The van der Waals surface area contributed by atoms with Crippen molar-refractivity contribution >= 4 is 22.7 Å². The summed E-state index contributed by atoms with van der Waals surface area (Å²) < 4.78 is 50.0. The zero-order valence-electron chi connectivity index (χ0n) is 15.0. The van der Waals surface area contributed by atoms with Crippen molar-refractivity contribution in [2.45, 2.75) is 24.9 Å². The molecule has 0 fully saturated rings. The van der Waals surface area contributed by atoms with E-state index in [2.05, 4.69) is 9.98 Å². The van der Waals surface area contributed by atoms with Gasteiger partial charge in [0, 0.05) is 43.7 Å². The molecule has 0 aliphatic heterocycles. The van der Waals surface area contributed by atoms with Gasteiger partial charge in [-0.15, -0.1) is 0 Å². The maximum atomic E-state index is 12.6. The molecule has 0 saturated carbocycles. The van der Waals surface area contributed by atoms with Gasteiger partial charge in [0.2, 0.25) is 5.75 Å². The Bertz CT molecular complexity index is 792. The predicted octanol–water partition coefficient (Wildman–Crippen LogP) is 4.01. The van der Waals surface area contributed by atoms with Gasteiger partial charge in [-0.25, -0.2) is 4.99 Å². The summed E-state index contributed by atoms with van der Waals surface area (Å²) in [5.74, 6) is -0.763. The highest BCUT2D eigenvalue weighted by Gasteiger charge is 2.36. The second-order valence-electron chi connectivity index (χ2n) is 6.08. The van der Waals surface area contributed by atoms with E-state index in [4.69, 9.17) is 0 Å². The van der Waals surface area contributed by atoms with Crippen molar-refractivity contribution in [2.24, 2.45) is 4.99 Å². The minimum absolute atomic E-state index is 0.149. The van der Waals surface area contributed by atoms with Gasteiger partial charge in [-0.05, 0) is 48.8 Å². The topological polar surface area (TPSA) is 51.6 Å². The molecule has 2 rings (SSSR count). The second kappa shape index (κ2) is 8.09. The van der Waals surface area contributed by atoms with Gasteiger partial charge in [-0.2, -0.15) is 13.2 Å². The number of rotatable bonds is 4. The molecule has 2 aromatic rings. The number of aryl methyl sites for hydroxylation is 2. The van der Waals surface area contributed by atoms with Crippen LogP contribution in [0.3, 0.4) is 0 Å². The molecule has 8 heteroatoms. The van der Waals surface area contributed by atoms with Gasteiger partial charge in [0.25, 0.3) is 0 Å². The quantitative estimate of drug-likeness (QED) is 0.455. The van der Waals surface area contributed by atoms with Crippen LogP contribution in [0.4, 0.5) is 18.9 Å². The first-order chi connectivity index (χ1) is 12.1. The number of hydrogen-bond donors (Lipinski definition) is 0. The van der Waals surface area contributed by atoms with Crippen molar-refractivity contribution in [3.63, 3.8) is 0 Å². The molecule has 0 saturated heterocycles. The van der Waals surface area contributed by atoms with Crippen molar-refractivity contribution in [1.82, 2.24) is 9.88 Å². The number of aliphatic imine (C=N–C) groups is 1. The molecule has 0 amide bonds. The Balaban J connectivity index is 2.50. The van der Waals surface area contributed by atoms with Crippen LogP contribution in [0.2, 0.25) is 0 Å². The van der Waals surface area contributed by atoms with Gasteiger partial charge >= 0.3 is 6.18 Å². The average Bonchev–Trinajstić information content (AvgIpc) is 2.52. The molecule has 1 atom stereocenters. The van der Waals surface area contributed by atoms with E-state index in [0.29, 0.717) is 17.1 Å². The lowest BCUT2D eigenvalue weighted by atomic mass is 10.1. The van der Waals surface area contributed by atoms with E-state index in [-0.39, 0.29) is 4.90 Å². The fourth-order valence-electron chi connectivity index (χ4n) is 2.45. The molecular weight excluding hydrogens is 363 g/mol. The first-order valence-electron chi connectivity index (χ1n) is 7.81. The molecule has 140 valence electrons. The highest BCUT2D eigenvalue weighted by atomic mass is 32.2. The van der Waals surface area contributed by atoms with Gasteiger partial charge < -0.3 is 9.45 Å². The fraction of sp³-hybridized carbons (Fsp3) is 0.333. The zero-order valence-corrected chi connectivity index (χ0v) is 15.8. The lowest BCUT2D eigenvalue weighted by molar-refractivity contribution is -0.106. The summed E-state index contributed by atoms with van der Waals surface area (Å²) in [7, 11) is 3.64. The number of aromatic nitrogens is 1. The Morgan fingerprint density at radius 1 is 1.23 bits per heavy atom. The van der Waals surface area contributed by atoms with Crippen LogP contribution in [-0.4, -0.2) is 46.3 Å². The average molecular weight is 383 g/mol. The van der Waals surface area contributed by atoms with Crippen molar-refractivity contribution in [3.05, 3.63) is 53.3 Å². The molecule has 1 aromatic carbocycles. The summed E-state index contributed by atoms with van der Waals surface area (Å²) in [6.45, 7) is 3.47. The van der Waals surface area contributed by atoms with Crippen LogP contribution < -0.4 is 0 Å². The summed E-state index contributed by atoms with van der Waals surface area (Å²) in [5.41, 5.74) is 2.60. The van der Waals surface area contributed by atoms with Crippen LogP contribution in [-0.2, 0) is 11.2 Å². The fourth-order valence-corrected chi connectivity index (χ4v) is 3.56. The van der Waals surface area contributed by atoms with Crippen molar-refractivity contribution < 1.29 is 17.7 Å². The molecular formula is C18H20F3N3OS. The monoisotopic (exact) mass is 383 g/mol. The van der Waals surface area contributed by atoms with E-state index < -0.39 is 23.1 Å². The summed E-state index contributed by atoms with van der Waals surface area (Å²) in [6, 6.07) is 6.81. The zero-order chi connectivity index (χ0) is 19.5. The van der Waals surface area contributed by atoms with Crippen LogP contribution in [0, 0.1) is 13.8 Å². The van der Waals surface area contributed by atoms with Crippen LogP contribution in [0.1, 0.15) is 16.7 Å². The number of benzene rings is 1. The Hall–Kier alpha value is -2.06. The molecule has 1 heterocycles. The van der Waals surface area contributed by atoms with Gasteiger partial charge in [-0.1, -0.05) is 0 Å². The third kappa shape index (κ3) is 5.22. The highest BCUT2D eigenvalue weighted by molar-refractivity contribution is 7.91. The predicted molar refractivity (Wildman–Crippen MR) is 97.4 cm³/mol. The molecule has 1 aromatic heterocycles. The van der Waals surface area contributed by atoms with Crippen LogP contribution in [0.15, 0.2) is 46.5 Å². The van der Waals surface area contributed by atoms with E-state index in [9.17, 15) is 17.7 Å². The van der Waals surface area contributed by atoms with Gasteiger partial charge in [0.15, 0.2) is 4.90 Å². The minimum atomic E-state index is -4.49. The third-order valence-corrected chi connectivity index (χ3v) is 5.12. The second-order valence-corrected chi connectivity index (χ2v) is 7.50. The molecule has 0 spiro atoms. The largest absolute Gasteiger partial charge is 0.611 e.